The summed E-state index contributed by atoms with van der Waals surface area (Å²) in [7, 11) is 0. The second-order valence-corrected chi connectivity index (χ2v) is 6.33. The molecule has 0 bridgehead atoms. The number of aliphatic hydroxyl groups excluding tert-OH is 1. The van der Waals surface area contributed by atoms with Crippen LogP contribution >= 0.6 is 0 Å². The Kier molecular flexibility index (Phi) is 6.47. The SMILES string of the molecule is C=C(C1CCCCC1)C(O)[C@@H](C)COCc1ccccc1. The molecule has 116 valence electrons. The molecule has 1 aliphatic carbocycles. The summed E-state index contributed by atoms with van der Waals surface area (Å²) in [5.41, 5.74) is 2.19. The summed E-state index contributed by atoms with van der Waals surface area (Å²) in [6, 6.07) is 10.2. The molecule has 0 aliphatic heterocycles. The third kappa shape index (κ3) is 4.98. The average molecular weight is 288 g/mol. The Morgan fingerprint density at radius 1 is 1.24 bits per heavy atom. The molecule has 1 fully saturated rings. The lowest BCUT2D eigenvalue weighted by Gasteiger charge is -2.29. The van der Waals surface area contributed by atoms with E-state index in [1.54, 1.807) is 0 Å². The topological polar surface area (TPSA) is 29.5 Å². The van der Waals surface area contributed by atoms with E-state index in [2.05, 4.69) is 18.7 Å². The van der Waals surface area contributed by atoms with Gasteiger partial charge in [0.25, 0.3) is 0 Å². The third-order valence-corrected chi connectivity index (χ3v) is 4.54. The zero-order valence-electron chi connectivity index (χ0n) is 13.1. The van der Waals surface area contributed by atoms with Gasteiger partial charge in [0.15, 0.2) is 0 Å². The Morgan fingerprint density at radius 2 is 1.90 bits per heavy atom. The van der Waals surface area contributed by atoms with Crippen LogP contribution in [0.5, 0.6) is 0 Å². The maximum absolute atomic E-state index is 10.5. The van der Waals surface area contributed by atoms with Gasteiger partial charge < -0.3 is 9.84 Å². The highest BCUT2D eigenvalue weighted by atomic mass is 16.5. The van der Waals surface area contributed by atoms with E-state index in [1.807, 2.05) is 25.1 Å². The first kappa shape index (κ1) is 16.3. The van der Waals surface area contributed by atoms with E-state index >= 15 is 0 Å². The third-order valence-electron chi connectivity index (χ3n) is 4.54. The van der Waals surface area contributed by atoms with Crippen molar-refractivity contribution in [2.75, 3.05) is 6.61 Å². The largest absolute Gasteiger partial charge is 0.388 e. The molecule has 0 spiro atoms. The molecular formula is C19H28O2. The Labute approximate surface area is 128 Å². The molecule has 1 aliphatic rings. The number of aliphatic hydroxyl groups is 1. The highest BCUT2D eigenvalue weighted by Gasteiger charge is 2.25. The van der Waals surface area contributed by atoms with Crippen molar-refractivity contribution in [3.05, 3.63) is 48.0 Å². The van der Waals surface area contributed by atoms with Crippen molar-refractivity contribution >= 4 is 0 Å². The molecule has 1 aromatic rings. The Hall–Kier alpha value is -1.12. The highest BCUT2D eigenvalue weighted by Crippen LogP contribution is 2.32. The van der Waals surface area contributed by atoms with E-state index in [0.29, 0.717) is 19.1 Å². The standard InChI is InChI=1S/C19H28O2/c1-15(13-21-14-17-9-5-3-6-10-17)19(20)16(2)18-11-7-4-8-12-18/h3,5-6,9-10,15,18-20H,2,4,7-8,11-14H2,1H3/t15-,19?/m0/s1. The number of benzene rings is 1. The van der Waals surface area contributed by atoms with Crippen LogP contribution in [0.15, 0.2) is 42.5 Å². The Morgan fingerprint density at radius 3 is 2.57 bits per heavy atom. The van der Waals surface area contributed by atoms with Crippen LogP contribution in [0.1, 0.15) is 44.6 Å². The molecule has 21 heavy (non-hydrogen) atoms. The van der Waals surface area contributed by atoms with Gasteiger partial charge in [0.2, 0.25) is 0 Å². The number of hydrogen-bond acceptors (Lipinski definition) is 2. The number of ether oxygens (including phenoxy) is 1. The molecule has 0 aromatic heterocycles. The van der Waals surface area contributed by atoms with Gasteiger partial charge in [-0.15, -0.1) is 0 Å². The van der Waals surface area contributed by atoms with Crippen LogP contribution < -0.4 is 0 Å². The maximum Gasteiger partial charge on any atom is 0.0797 e. The average Bonchev–Trinajstić information content (AvgIpc) is 2.55. The van der Waals surface area contributed by atoms with E-state index in [-0.39, 0.29) is 5.92 Å². The van der Waals surface area contributed by atoms with Gasteiger partial charge in [-0.25, -0.2) is 0 Å². The zero-order chi connectivity index (χ0) is 15.1. The molecule has 1 unspecified atom stereocenters. The lowest BCUT2D eigenvalue weighted by molar-refractivity contribution is 0.0386. The summed E-state index contributed by atoms with van der Waals surface area (Å²) in [5.74, 6) is 0.605. The van der Waals surface area contributed by atoms with Gasteiger partial charge in [-0.3, -0.25) is 0 Å². The Bertz CT molecular complexity index is 420. The minimum atomic E-state index is -0.441. The molecule has 0 radical (unpaired) electrons. The summed E-state index contributed by atoms with van der Waals surface area (Å²) in [5, 5.41) is 10.5. The summed E-state index contributed by atoms with van der Waals surface area (Å²) in [4.78, 5) is 0. The molecule has 1 saturated carbocycles. The van der Waals surface area contributed by atoms with E-state index < -0.39 is 6.10 Å². The second kappa shape index (κ2) is 8.35. The predicted molar refractivity (Wildman–Crippen MR) is 87.0 cm³/mol. The van der Waals surface area contributed by atoms with E-state index in [4.69, 9.17) is 4.74 Å². The summed E-state index contributed by atoms with van der Waals surface area (Å²) >= 11 is 0. The van der Waals surface area contributed by atoms with Crippen molar-refractivity contribution in [1.29, 1.82) is 0 Å². The monoisotopic (exact) mass is 288 g/mol. The van der Waals surface area contributed by atoms with Crippen LogP contribution in [0.25, 0.3) is 0 Å². The lowest BCUT2D eigenvalue weighted by atomic mass is 9.80. The summed E-state index contributed by atoms with van der Waals surface area (Å²) in [6.45, 7) is 7.38. The number of rotatable bonds is 7. The van der Waals surface area contributed by atoms with Crippen molar-refractivity contribution in [1.82, 2.24) is 0 Å². The van der Waals surface area contributed by atoms with Crippen LogP contribution in [0, 0.1) is 11.8 Å². The molecule has 2 atom stereocenters. The molecule has 2 rings (SSSR count). The van der Waals surface area contributed by atoms with Crippen molar-refractivity contribution in [2.45, 2.75) is 51.7 Å². The van der Waals surface area contributed by atoms with E-state index in [9.17, 15) is 5.11 Å². The van der Waals surface area contributed by atoms with Gasteiger partial charge in [0, 0.05) is 5.92 Å². The minimum absolute atomic E-state index is 0.100. The normalized spacial score (nSPS) is 19.1. The van der Waals surface area contributed by atoms with E-state index in [0.717, 1.165) is 5.57 Å². The van der Waals surface area contributed by atoms with Gasteiger partial charge >= 0.3 is 0 Å². The Balaban J connectivity index is 1.74. The van der Waals surface area contributed by atoms with Crippen molar-refractivity contribution in [3.8, 4) is 0 Å². The van der Waals surface area contributed by atoms with Crippen molar-refractivity contribution in [2.24, 2.45) is 11.8 Å². The molecule has 1 N–H and O–H groups in total. The molecule has 0 amide bonds. The molecule has 2 heteroatoms. The quantitative estimate of drug-likeness (QED) is 0.756. The summed E-state index contributed by atoms with van der Waals surface area (Å²) < 4.78 is 5.74. The minimum Gasteiger partial charge on any atom is -0.388 e. The predicted octanol–water partition coefficient (Wildman–Crippen LogP) is 4.34. The number of hydrogen-bond donors (Lipinski definition) is 1. The van der Waals surface area contributed by atoms with E-state index in [1.165, 1.54) is 37.7 Å². The van der Waals surface area contributed by atoms with Crippen molar-refractivity contribution < 1.29 is 9.84 Å². The molecule has 0 saturated heterocycles. The van der Waals surface area contributed by atoms with Crippen LogP contribution in [-0.4, -0.2) is 17.8 Å². The first-order chi connectivity index (χ1) is 10.2. The van der Waals surface area contributed by atoms with Crippen LogP contribution in [0.2, 0.25) is 0 Å². The second-order valence-electron chi connectivity index (χ2n) is 6.33. The van der Waals surface area contributed by atoms with Gasteiger partial charge in [0.1, 0.15) is 0 Å². The fraction of sp³-hybridized carbons (Fsp3) is 0.579. The van der Waals surface area contributed by atoms with Crippen LogP contribution in [0.4, 0.5) is 0 Å². The molecule has 1 aromatic carbocycles. The van der Waals surface area contributed by atoms with Crippen LogP contribution in [0.3, 0.4) is 0 Å². The first-order valence-electron chi connectivity index (χ1n) is 8.17. The van der Waals surface area contributed by atoms with Gasteiger partial charge in [0.05, 0.1) is 19.3 Å². The van der Waals surface area contributed by atoms with Crippen LogP contribution in [-0.2, 0) is 11.3 Å². The first-order valence-corrected chi connectivity index (χ1v) is 8.17. The lowest BCUT2D eigenvalue weighted by Crippen LogP contribution is -2.28. The fourth-order valence-electron chi connectivity index (χ4n) is 3.11. The zero-order valence-corrected chi connectivity index (χ0v) is 13.1. The maximum atomic E-state index is 10.5. The highest BCUT2D eigenvalue weighted by molar-refractivity contribution is 5.13. The van der Waals surface area contributed by atoms with Gasteiger partial charge in [-0.1, -0.05) is 63.1 Å². The van der Waals surface area contributed by atoms with Gasteiger partial charge in [-0.2, -0.15) is 0 Å². The van der Waals surface area contributed by atoms with Crippen molar-refractivity contribution in [3.63, 3.8) is 0 Å². The summed E-state index contributed by atoms with van der Waals surface area (Å²) in [6.07, 6.45) is 5.81. The smallest absolute Gasteiger partial charge is 0.0797 e. The molecule has 0 heterocycles. The van der Waals surface area contributed by atoms with Gasteiger partial charge in [-0.05, 0) is 29.9 Å². The fourth-order valence-corrected chi connectivity index (χ4v) is 3.11. The molecule has 2 nitrogen and oxygen atoms in total. The molecular weight excluding hydrogens is 260 g/mol.